The van der Waals surface area contributed by atoms with Crippen molar-refractivity contribution in [3.63, 3.8) is 0 Å². The summed E-state index contributed by atoms with van der Waals surface area (Å²) in [6.07, 6.45) is -4.57. The number of alkyl halides is 3. The van der Waals surface area contributed by atoms with Crippen molar-refractivity contribution in [2.45, 2.75) is 104 Å². The monoisotopic (exact) mass is 1020 g/mol. The number of hydrogen-bond acceptors (Lipinski definition) is 11. The molecule has 2 aliphatic rings. The van der Waals surface area contributed by atoms with E-state index in [2.05, 4.69) is 15.6 Å². The first-order valence-electron chi connectivity index (χ1n) is 23.4. The fourth-order valence-electron chi connectivity index (χ4n) is 8.63. The van der Waals surface area contributed by atoms with Gasteiger partial charge in [0.2, 0.25) is 17.7 Å². The zero-order chi connectivity index (χ0) is 52.1. The molecule has 3 N–H and O–H groups in total. The largest absolute Gasteiger partial charge is 0.494 e. The van der Waals surface area contributed by atoms with Crippen molar-refractivity contribution in [3.05, 3.63) is 124 Å². The third-order valence-electron chi connectivity index (χ3n) is 12.6. The van der Waals surface area contributed by atoms with Gasteiger partial charge in [0.05, 0.1) is 58.3 Å². The van der Waals surface area contributed by atoms with Crippen LogP contribution in [-0.4, -0.2) is 87.2 Å². The molecule has 4 aromatic carbocycles. The number of rotatable bonds is 17. The number of aliphatic hydroxyl groups is 1. The number of ether oxygens (including phenoxy) is 2. The van der Waals surface area contributed by atoms with Crippen molar-refractivity contribution in [1.82, 2.24) is 20.5 Å². The lowest BCUT2D eigenvalue weighted by atomic mass is 9.85. The first-order chi connectivity index (χ1) is 34.1. The van der Waals surface area contributed by atoms with Crippen LogP contribution >= 0.6 is 23.6 Å². The molecule has 0 unspecified atom stereocenters. The van der Waals surface area contributed by atoms with Gasteiger partial charge in [-0.2, -0.15) is 18.4 Å². The van der Waals surface area contributed by atoms with Crippen LogP contribution in [0.15, 0.2) is 96.5 Å². The molecule has 3 heterocycles. The number of amides is 4. The summed E-state index contributed by atoms with van der Waals surface area (Å²) in [6.45, 7) is 11.5. The van der Waals surface area contributed by atoms with E-state index in [1.54, 1.807) is 65.9 Å². The minimum absolute atomic E-state index is 0.0107. The number of halogens is 3. The van der Waals surface area contributed by atoms with E-state index in [1.165, 1.54) is 11.0 Å². The van der Waals surface area contributed by atoms with Crippen molar-refractivity contribution >= 4 is 63.7 Å². The molecule has 0 radical (unpaired) electrons. The molecule has 0 saturated carbocycles. The van der Waals surface area contributed by atoms with Crippen LogP contribution in [0.4, 0.5) is 24.5 Å². The summed E-state index contributed by atoms with van der Waals surface area (Å²) in [7, 11) is 0. The lowest BCUT2D eigenvalue weighted by Crippen LogP contribution is -2.57. The van der Waals surface area contributed by atoms with Gasteiger partial charge in [0.15, 0.2) is 5.11 Å². The standard InChI is InChI=1S/C53H56F3N7O7S2/c1-32-45(72-31-59-32)35-13-9-34(10-14-35)29-58-47(66)43-27-39(64)30-61(43)48(67)46(51(2,3)4)60-44(65)8-7-24-69-40-19-11-33(12-20-40)23-25-70-41-21-17-37(18-22-41)63-50(71)62(49(68)52(63,5)6)38-16-15-36(28-57)42(26-38)53(54,55)56/h9-22,26,31,39,43,46,64H,7-8,23-25,27,29-30H2,1-6H3,(H,58,66)(H,60,65)/t39-,43+,46-/m1/s1. The fraction of sp³-hybridized carbons (Fsp3) is 0.377. The van der Waals surface area contributed by atoms with Crippen LogP contribution in [0.1, 0.15) is 81.8 Å². The summed E-state index contributed by atoms with van der Waals surface area (Å²) in [4.78, 5) is 63.7. The molecule has 3 atom stereocenters. The Bertz CT molecular complexity index is 2840. The molecule has 0 spiro atoms. The Labute approximate surface area is 425 Å². The van der Waals surface area contributed by atoms with Crippen LogP contribution in [0.2, 0.25) is 0 Å². The predicted octanol–water partition coefficient (Wildman–Crippen LogP) is 8.52. The normalized spacial score (nSPS) is 17.2. The SMILES string of the molecule is Cc1ncsc1-c1ccc(CNC(=O)[C@@H]2C[C@@H](O)CN2C(=O)[C@@H](NC(=O)CCCOc2ccc(CCOc3ccc(N4C(=S)N(c5ccc(C#N)c(C(F)(F)F)c5)C(=O)C4(C)C)cc3)cc2)C(C)(C)C)cc1. The van der Waals surface area contributed by atoms with E-state index in [9.17, 15) is 42.7 Å². The Morgan fingerprint density at radius 3 is 2.18 bits per heavy atom. The third kappa shape index (κ3) is 12.1. The molecular weight excluding hydrogens is 968 g/mol. The second-order valence-corrected chi connectivity index (χ2v) is 20.5. The minimum Gasteiger partial charge on any atom is -0.494 e. The molecule has 5 aromatic rings. The summed E-state index contributed by atoms with van der Waals surface area (Å²) in [5.74, 6) is -0.527. The number of β-amino-alcohol motifs (C(OH)–C–C–N with tert-alkyl or cyclic N) is 1. The van der Waals surface area contributed by atoms with Crippen molar-refractivity contribution in [2.24, 2.45) is 5.41 Å². The molecule has 14 nitrogen and oxygen atoms in total. The van der Waals surface area contributed by atoms with Gasteiger partial charge in [-0.1, -0.05) is 57.2 Å². The number of benzene rings is 4. The molecule has 1 aromatic heterocycles. The van der Waals surface area contributed by atoms with E-state index in [4.69, 9.17) is 21.7 Å². The predicted molar refractivity (Wildman–Crippen MR) is 271 cm³/mol. The van der Waals surface area contributed by atoms with Gasteiger partial charge in [0.25, 0.3) is 5.91 Å². The molecule has 72 heavy (non-hydrogen) atoms. The molecule has 0 aliphatic carbocycles. The molecule has 7 rings (SSSR count). The summed E-state index contributed by atoms with van der Waals surface area (Å²) in [6, 6.07) is 24.9. The smallest absolute Gasteiger partial charge is 0.417 e. The van der Waals surface area contributed by atoms with E-state index < -0.39 is 58.3 Å². The topological polar surface area (TPSA) is 177 Å². The van der Waals surface area contributed by atoms with Gasteiger partial charge < -0.3 is 35.0 Å². The summed E-state index contributed by atoms with van der Waals surface area (Å²) >= 11 is 7.20. The number of thiazole rings is 1. The zero-order valence-electron chi connectivity index (χ0n) is 40.7. The second-order valence-electron chi connectivity index (χ2n) is 19.3. The average molecular weight is 1020 g/mol. The average Bonchev–Trinajstić information content (AvgIpc) is 4.00. The highest BCUT2D eigenvalue weighted by atomic mass is 32.1. The Morgan fingerprint density at radius 1 is 0.944 bits per heavy atom. The van der Waals surface area contributed by atoms with Crippen LogP contribution in [-0.2, 0) is 38.3 Å². The van der Waals surface area contributed by atoms with Crippen LogP contribution in [0, 0.1) is 23.7 Å². The Hall–Kier alpha value is -6.88. The Morgan fingerprint density at radius 2 is 1.57 bits per heavy atom. The van der Waals surface area contributed by atoms with Gasteiger partial charge in [0, 0.05) is 38.0 Å². The zero-order valence-corrected chi connectivity index (χ0v) is 42.3. The van der Waals surface area contributed by atoms with Crippen LogP contribution in [0.5, 0.6) is 11.5 Å². The number of aryl methyl sites for hydroxylation is 1. The van der Waals surface area contributed by atoms with Gasteiger partial charge in [-0.25, -0.2) is 4.98 Å². The maximum Gasteiger partial charge on any atom is 0.417 e. The highest BCUT2D eigenvalue weighted by Gasteiger charge is 2.51. The third-order valence-corrected chi connectivity index (χ3v) is 13.9. The van der Waals surface area contributed by atoms with E-state index in [-0.39, 0.29) is 55.2 Å². The molecule has 2 fully saturated rings. The lowest BCUT2D eigenvalue weighted by molar-refractivity contribution is -0.144. The molecule has 2 saturated heterocycles. The molecule has 19 heteroatoms. The second kappa shape index (κ2) is 21.9. The number of thiocarbonyl (C=S) groups is 1. The van der Waals surface area contributed by atoms with Gasteiger partial charge in [0.1, 0.15) is 29.1 Å². The number of carbonyl (C=O) groups excluding carboxylic acids is 4. The first-order valence-corrected chi connectivity index (χ1v) is 24.6. The maximum atomic E-state index is 14.0. The highest BCUT2D eigenvalue weighted by molar-refractivity contribution is 7.81. The minimum atomic E-state index is -4.81. The van der Waals surface area contributed by atoms with Gasteiger partial charge in [-0.05, 0) is 116 Å². The number of nitriles is 1. The number of aromatic nitrogens is 1. The first kappa shape index (κ1) is 52.9. The molecule has 4 amide bonds. The molecular formula is C53H56F3N7O7S2. The number of hydrogen-bond donors (Lipinski definition) is 3. The van der Waals surface area contributed by atoms with E-state index in [1.807, 2.05) is 76.2 Å². The maximum absolute atomic E-state index is 14.0. The molecule has 0 bridgehead atoms. The van der Waals surface area contributed by atoms with Crippen molar-refractivity contribution in [2.75, 3.05) is 29.6 Å². The van der Waals surface area contributed by atoms with Crippen LogP contribution in [0.3, 0.4) is 0 Å². The molecule has 378 valence electrons. The number of anilines is 2. The summed E-state index contributed by atoms with van der Waals surface area (Å²) < 4.78 is 53.1. The van der Waals surface area contributed by atoms with Gasteiger partial charge in [-0.15, -0.1) is 11.3 Å². The quantitative estimate of drug-likeness (QED) is 0.0601. The van der Waals surface area contributed by atoms with Crippen molar-refractivity contribution < 1.29 is 46.9 Å². The number of nitrogens with zero attached hydrogens (tertiary/aromatic N) is 5. The lowest BCUT2D eigenvalue weighted by Gasteiger charge is -2.35. The number of nitrogens with one attached hydrogen (secondary N) is 2. The Kier molecular flexibility index (Phi) is 16.1. The summed E-state index contributed by atoms with van der Waals surface area (Å²) in [5.41, 5.74) is 2.44. The number of carbonyl (C=O) groups is 4. The summed E-state index contributed by atoms with van der Waals surface area (Å²) in [5, 5.41) is 25.6. The van der Waals surface area contributed by atoms with E-state index >= 15 is 0 Å². The van der Waals surface area contributed by atoms with E-state index in [0.29, 0.717) is 36.6 Å². The number of aliphatic hydroxyl groups excluding tert-OH is 1. The van der Waals surface area contributed by atoms with Crippen molar-refractivity contribution in [1.29, 1.82) is 5.26 Å². The number of likely N-dealkylation sites (tertiary alicyclic amines) is 1. The van der Waals surface area contributed by atoms with Gasteiger partial charge >= 0.3 is 6.18 Å². The van der Waals surface area contributed by atoms with Crippen LogP contribution in [0.25, 0.3) is 10.4 Å². The van der Waals surface area contributed by atoms with E-state index in [0.717, 1.165) is 44.3 Å². The molecule has 2 aliphatic heterocycles. The Balaban J connectivity index is 0.844. The van der Waals surface area contributed by atoms with Crippen molar-refractivity contribution in [3.8, 4) is 28.0 Å². The van der Waals surface area contributed by atoms with Gasteiger partial charge in [-0.3, -0.25) is 24.1 Å². The highest BCUT2D eigenvalue weighted by Crippen LogP contribution is 2.40. The fourth-order valence-corrected chi connectivity index (χ4v) is 9.96. The van der Waals surface area contributed by atoms with Crippen LogP contribution < -0.4 is 29.9 Å².